The summed E-state index contributed by atoms with van der Waals surface area (Å²) in [6.07, 6.45) is 0. The second kappa shape index (κ2) is 8.65. The number of aromatic nitrogens is 1. The van der Waals surface area contributed by atoms with E-state index in [-0.39, 0.29) is 23.7 Å². The number of carbonyl (C=O) groups excluding carboxylic acids is 2. The summed E-state index contributed by atoms with van der Waals surface area (Å²) in [6.45, 7) is 1.39. The van der Waals surface area contributed by atoms with Gasteiger partial charge >= 0.3 is 0 Å². The van der Waals surface area contributed by atoms with Gasteiger partial charge in [0.25, 0.3) is 11.5 Å². The predicted octanol–water partition coefficient (Wildman–Crippen LogP) is 2.39. The molecule has 160 valence electrons. The molecule has 7 nitrogen and oxygen atoms in total. The molecule has 1 saturated heterocycles. The number of hydrogen-bond acceptors (Lipinski definition) is 4. The predicted molar refractivity (Wildman–Crippen MR) is 110 cm³/mol. The summed E-state index contributed by atoms with van der Waals surface area (Å²) in [4.78, 5) is 39.9. The second-order valence-corrected chi connectivity index (χ2v) is 7.08. The molecular formula is C22H19F2N3O4. The maximum Gasteiger partial charge on any atom is 0.254 e. The third-order valence-electron chi connectivity index (χ3n) is 5.05. The van der Waals surface area contributed by atoms with Crippen LogP contribution in [-0.4, -0.2) is 47.6 Å². The Hall–Kier alpha value is -3.59. The van der Waals surface area contributed by atoms with Crippen LogP contribution in [0.1, 0.15) is 10.4 Å². The van der Waals surface area contributed by atoms with Crippen molar-refractivity contribution in [1.82, 2.24) is 9.47 Å². The Kier molecular flexibility index (Phi) is 5.77. The van der Waals surface area contributed by atoms with Crippen molar-refractivity contribution in [2.45, 2.75) is 6.54 Å². The lowest BCUT2D eigenvalue weighted by molar-refractivity contribution is -0.116. The van der Waals surface area contributed by atoms with Crippen LogP contribution in [0.5, 0.6) is 0 Å². The summed E-state index contributed by atoms with van der Waals surface area (Å²) in [5.41, 5.74) is 0.239. The van der Waals surface area contributed by atoms with Gasteiger partial charge in [-0.1, -0.05) is 18.2 Å². The number of para-hydroxylation sites is 1. The molecule has 1 fully saturated rings. The van der Waals surface area contributed by atoms with E-state index in [1.165, 1.54) is 16.7 Å². The zero-order valence-electron chi connectivity index (χ0n) is 16.4. The highest BCUT2D eigenvalue weighted by Crippen LogP contribution is 2.20. The van der Waals surface area contributed by atoms with Crippen LogP contribution < -0.4 is 10.9 Å². The van der Waals surface area contributed by atoms with E-state index in [0.29, 0.717) is 37.2 Å². The maximum atomic E-state index is 13.4. The summed E-state index contributed by atoms with van der Waals surface area (Å²) >= 11 is 0. The first-order valence-electron chi connectivity index (χ1n) is 9.68. The number of halogens is 2. The fourth-order valence-corrected chi connectivity index (χ4v) is 3.53. The molecule has 2 heterocycles. The van der Waals surface area contributed by atoms with E-state index in [1.807, 2.05) is 0 Å². The van der Waals surface area contributed by atoms with Gasteiger partial charge in [-0.2, -0.15) is 0 Å². The topological polar surface area (TPSA) is 80.6 Å². The average molecular weight is 427 g/mol. The summed E-state index contributed by atoms with van der Waals surface area (Å²) in [6, 6.07) is 11.0. The molecule has 0 spiro atoms. The highest BCUT2D eigenvalue weighted by atomic mass is 19.2. The number of ether oxygens (including phenoxy) is 1. The Balaban J connectivity index is 1.65. The van der Waals surface area contributed by atoms with Crippen LogP contribution in [0.2, 0.25) is 0 Å². The first-order valence-corrected chi connectivity index (χ1v) is 9.68. The number of anilines is 1. The van der Waals surface area contributed by atoms with Crippen molar-refractivity contribution < 1.29 is 23.1 Å². The third-order valence-corrected chi connectivity index (χ3v) is 5.05. The number of nitrogens with one attached hydrogen (secondary N) is 1. The number of amides is 2. The molecule has 0 unspecified atom stereocenters. The summed E-state index contributed by atoms with van der Waals surface area (Å²) < 4.78 is 33.0. The largest absolute Gasteiger partial charge is 0.378 e. The first kappa shape index (κ1) is 20.7. The molecule has 0 atom stereocenters. The SMILES string of the molecule is O=C(Cn1c(=O)cc(C(=O)N2CCOCC2)c2ccccc21)Nc1ccc(F)c(F)c1. The van der Waals surface area contributed by atoms with Crippen molar-refractivity contribution in [1.29, 1.82) is 0 Å². The molecule has 1 aliphatic rings. The van der Waals surface area contributed by atoms with Gasteiger partial charge in [0, 0.05) is 36.3 Å². The lowest BCUT2D eigenvalue weighted by atomic mass is 10.1. The molecule has 31 heavy (non-hydrogen) atoms. The van der Waals surface area contributed by atoms with Crippen LogP contribution in [0.25, 0.3) is 10.9 Å². The minimum absolute atomic E-state index is 0.0698. The Bertz CT molecular complexity index is 1220. The van der Waals surface area contributed by atoms with Crippen molar-refractivity contribution in [3.63, 3.8) is 0 Å². The molecular weight excluding hydrogens is 408 g/mol. The van der Waals surface area contributed by atoms with Gasteiger partial charge in [0.15, 0.2) is 11.6 Å². The number of morpholine rings is 1. The quantitative estimate of drug-likeness (QED) is 0.694. The standard InChI is InChI=1S/C22H19F2N3O4/c23-17-6-5-14(11-18(17)24)25-20(28)13-27-19-4-2-1-3-15(19)16(12-21(27)29)22(30)26-7-9-31-10-8-26/h1-6,11-12H,7-10,13H2,(H,25,28). The summed E-state index contributed by atoms with van der Waals surface area (Å²) in [7, 11) is 0. The summed E-state index contributed by atoms with van der Waals surface area (Å²) in [5.74, 6) is -2.98. The molecule has 0 bridgehead atoms. The lowest BCUT2D eigenvalue weighted by Gasteiger charge is -2.27. The molecule has 0 aliphatic carbocycles. The normalized spacial score (nSPS) is 13.9. The lowest BCUT2D eigenvalue weighted by Crippen LogP contribution is -2.41. The molecule has 0 radical (unpaired) electrons. The maximum absolute atomic E-state index is 13.4. The van der Waals surface area contributed by atoms with E-state index in [9.17, 15) is 23.2 Å². The van der Waals surface area contributed by atoms with Crippen LogP contribution in [0.15, 0.2) is 53.3 Å². The van der Waals surface area contributed by atoms with Crippen LogP contribution >= 0.6 is 0 Å². The molecule has 1 aliphatic heterocycles. The smallest absolute Gasteiger partial charge is 0.254 e. The molecule has 4 rings (SSSR count). The summed E-state index contributed by atoms with van der Waals surface area (Å²) in [5, 5.41) is 2.99. The van der Waals surface area contributed by atoms with Gasteiger partial charge in [-0.25, -0.2) is 8.78 Å². The number of benzene rings is 2. The number of pyridine rings is 1. The van der Waals surface area contributed by atoms with Crippen LogP contribution in [-0.2, 0) is 16.1 Å². The number of rotatable bonds is 4. The Morgan fingerprint density at radius 2 is 1.74 bits per heavy atom. The minimum atomic E-state index is -1.09. The molecule has 1 aromatic heterocycles. The Morgan fingerprint density at radius 3 is 2.48 bits per heavy atom. The Labute approximate surface area is 175 Å². The number of fused-ring (bicyclic) bond motifs is 1. The van der Waals surface area contributed by atoms with Gasteiger partial charge in [0.1, 0.15) is 6.54 Å². The van der Waals surface area contributed by atoms with Crippen molar-refractivity contribution in [2.75, 3.05) is 31.6 Å². The van der Waals surface area contributed by atoms with Crippen LogP contribution in [0.4, 0.5) is 14.5 Å². The zero-order chi connectivity index (χ0) is 22.0. The minimum Gasteiger partial charge on any atom is -0.378 e. The van der Waals surface area contributed by atoms with Gasteiger partial charge in [-0.15, -0.1) is 0 Å². The van der Waals surface area contributed by atoms with Crippen molar-refractivity contribution in [2.24, 2.45) is 0 Å². The fraction of sp³-hybridized carbons (Fsp3) is 0.227. The number of hydrogen-bond donors (Lipinski definition) is 1. The monoisotopic (exact) mass is 427 g/mol. The van der Waals surface area contributed by atoms with E-state index >= 15 is 0 Å². The van der Waals surface area contributed by atoms with Gasteiger partial charge < -0.3 is 15.0 Å². The van der Waals surface area contributed by atoms with E-state index in [0.717, 1.165) is 12.1 Å². The number of carbonyl (C=O) groups is 2. The van der Waals surface area contributed by atoms with E-state index in [2.05, 4.69) is 5.32 Å². The molecule has 1 N–H and O–H groups in total. The van der Waals surface area contributed by atoms with Crippen LogP contribution in [0, 0.1) is 11.6 Å². The average Bonchev–Trinajstić information content (AvgIpc) is 2.78. The highest BCUT2D eigenvalue weighted by Gasteiger charge is 2.22. The third kappa shape index (κ3) is 4.31. The Morgan fingerprint density at radius 1 is 1.00 bits per heavy atom. The van der Waals surface area contributed by atoms with Crippen molar-refractivity contribution >= 4 is 28.4 Å². The molecule has 2 aromatic carbocycles. The van der Waals surface area contributed by atoms with Gasteiger partial charge in [-0.3, -0.25) is 19.0 Å². The van der Waals surface area contributed by atoms with E-state index < -0.39 is 23.1 Å². The zero-order valence-corrected chi connectivity index (χ0v) is 16.4. The number of nitrogens with zero attached hydrogens (tertiary/aromatic N) is 2. The second-order valence-electron chi connectivity index (χ2n) is 7.08. The van der Waals surface area contributed by atoms with E-state index in [4.69, 9.17) is 4.74 Å². The molecule has 9 heteroatoms. The van der Waals surface area contributed by atoms with Crippen molar-refractivity contribution in [3.8, 4) is 0 Å². The van der Waals surface area contributed by atoms with E-state index in [1.54, 1.807) is 29.2 Å². The van der Waals surface area contributed by atoms with Crippen LogP contribution in [0.3, 0.4) is 0 Å². The highest BCUT2D eigenvalue weighted by molar-refractivity contribution is 6.06. The molecule has 3 aromatic rings. The fourth-order valence-electron chi connectivity index (χ4n) is 3.53. The van der Waals surface area contributed by atoms with Gasteiger partial charge in [0.05, 0.1) is 24.3 Å². The van der Waals surface area contributed by atoms with Gasteiger partial charge in [-0.05, 0) is 18.2 Å². The molecule has 2 amide bonds. The first-order chi connectivity index (χ1) is 14.9. The van der Waals surface area contributed by atoms with Crippen molar-refractivity contribution in [3.05, 3.63) is 76.1 Å². The van der Waals surface area contributed by atoms with Gasteiger partial charge in [0.2, 0.25) is 5.91 Å². The molecule has 0 saturated carbocycles.